The molecule has 166 valence electrons. The Morgan fingerprint density at radius 3 is 2.56 bits per heavy atom. The van der Waals surface area contributed by atoms with E-state index in [2.05, 4.69) is 5.32 Å². The summed E-state index contributed by atoms with van der Waals surface area (Å²) in [6.07, 6.45) is -0.992. The lowest BCUT2D eigenvalue weighted by Crippen LogP contribution is -2.54. The molecule has 2 N–H and O–H groups in total. The normalized spacial score (nSPS) is 22.6. The van der Waals surface area contributed by atoms with Crippen LogP contribution in [0.25, 0.3) is 11.1 Å². The van der Waals surface area contributed by atoms with E-state index in [0.29, 0.717) is 16.7 Å². The first-order valence-electron chi connectivity index (χ1n) is 10.4. The van der Waals surface area contributed by atoms with Crippen molar-refractivity contribution < 1.29 is 33.4 Å². The Labute approximate surface area is 182 Å². The van der Waals surface area contributed by atoms with Gasteiger partial charge >= 0.3 is 5.97 Å². The Morgan fingerprint density at radius 1 is 1.09 bits per heavy atom. The van der Waals surface area contributed by atoms with E-state index in [9.17, 15) is 23.9 Å². The van der Waals surface area contributed by atoms with Gasteiger partial charge in [-0.15, -0.1) is 0 Å². The molecule has 2 aromatic rings. The number of alkyl halides is 1. The van der Waals surface area contributed by atoms with Crippen molar-refractivity contribution in [3.05, 3.63) is 59.2 Å². The van der Waals surface area contributed by atoms with E-state index >= 15 is 0 Å². The number of hydrogen-bond donors (Lipinski definition) is 2. The Morgan fingerprint density at radius 2 is 1.81 bits per heavy atom. The van der Waals surface area contributed by atoms with Crippen LogP contribution >= 0.6 is 0 Å². The quantitative estimate of drug-likeness (QED) is 0.752. The minimum Gasteiger partial charge on any atom is -0.480 e. The maximum Gasteiger partial charge on any atom is 0.332 e. The van der Waals surface area contributed by atoms with Crippen molar-refractivity contribution in [1.29, 1.82) is 0 Å². The molecule has 1 spiro atoms. The van der Waals surface area contributed by atoms with Crippen LogP contribution in [0.1, 0.15) is 34.1 Å². The molecule has 2 aliphatic heterocycles. The van der Waals surface area contributed by atoms with E-state index in [1.54, 1.807) is 30.3 Å². The summed E-state index contributed by atoms with van der Waals surface area (Å²) in [6, 6.07) is 10.5. The van der Waals surface area contributed by atoms with Crippen molar-refractivity contribution >= 4 is 17.8 Å². The minimum absolute atomic E-state index is 0.152. The average molecular weight is 440 g/mol. The van der Waals surface area contributed by atoms with Gasteiger partial charge in [0.1, 0.15) is 0 Å². The molecule has 0 aromatic heterocycles. The van der Waals surface area contributed by atoms with Gasteiger partial charge in [0.25, 0.3) is 5.91 Å². The van der Waals surface area contributed by atoms with E-state index in [1.807, 2.05) is 6.07 Å². The third-order valence-electron chi connectivity index (χ3n) is 6.27. The number of carbonyl (C=O) groups excluding carboxylic acids is 2. The fourth-order valence-corrected chi connectivity index (χ4v) is 4.78. The lowest BCUT2D eigenvalue weighted by molar-refractivity contribution is -0.191. The maximum atomic E-state index is 14.7. The molecule has 0 radical (unpaired) electrons. The molecule has 2 heterocycles. The first-order valence-corrected chi connectivity index (χ1v) is 10.4. The van der Waals surface area contributed by atoms with Gasteiger partial charge in [-0.1, -0.05) is 30.3 Å². The van der Waals surface area contributed by atoms with E-state index < -0.39 is 35.8 Å². The zero-order valence-electron chi connectivity index (χ0n) is 17.0. The molecule has 2 amide bonds. The SMILES string of the molecule is O=C(NCC(=O)N1CCC2(OCCO2)[C@H]1C(=O)O)c1ccc2c(c1)-c1ccccc1C2F. The van der Waals surface area contributed by atoms with Crippen LogP contribution in [0.3, 0.4) is 0 Å². The van der Waals surface area contributed by atoms with E-state index in [4.69, 9.17) is 9.47 Å². The number of hydrogen-bond acceptors (Lipinski definition) is 5. The number of benzene rings is 2. The molecule has 32 heavy (non-hydrogen) atoms. The molecular weight excluding hydrogens is 419 g/mol. The van der Waals surface area contributed by atoms with Crippen LogP contribution in [-0.2, 0) is 19.1 Å². The summed E-state index contributed by atoms with van der Waals surface area (Å²) in [5, 5.41) is 12.2. The molecule has 2 saturated heterocycles. The van der Waals surface area contributed by atoms with Crippen molar-refractivity contribution in [3.63, 3.8) is 0 Å². The highest BCUT2D eigenvalue weighted by atomic mass is 19.1. The summed E-state index contributed by atoms with van der Waals surface area (Å²) in [5.74, 6) is -3.60. The van der Waals surface area contributed by atoms with Gasteiger partial charge in [-0.25, -0.2) is 9.18 Å². The summed E-state index contributed by atoms with van der Waals surface area (Å²) >= 11 is 0. The number of carbonyl (C=O) groups is 3. The van der Waals surface area contributed by atoms with Crippen LogP contribution in [0, 0.1) is 0 Å². The van der Waals surface area contributed by atoms with Crippen molar-refractivity contribution in [2.24, 2.45) is 0 Å². The Kier molecular flexibility index (Phi) is 4.94. The molecule has 3 aliphatic rings. The monoisotopic (exact) mass is 440 g/mol. The predicted octanol–water partition coefficient (Wildman–Crippen LogP) is 1.88. The van der Waals surface area contributed by atoms with Gasteiger partial charge in [-0.05, 0) is 34.4 Å². The number of rotatable bonds is 4. The fraction of sp³-hybridized carbons (Fsp3) is 0.348. The minimum atomic E-state index is -1.33. The van der Waals surface area contributed by atoms with Crippen molar-refractivity contribution in [2.75, 3.05) is 26.3 Å². The smallest absolute Gasteiger partial charge is 0.332 e. The Hall–Kier alpha value is -3.30. The van der Waals surface area contributed by atoms with Gasteiger partial charge < -0.3 is 24.8 Å². The first kappa shape index (κ1) is 20.6. The number of fused-ring (bicyclic) bond motifs is 3. The molecule has 2 fully saturated rings. The summed E-state index contributed by atoms with van der Waals surface area (Å²) in [7, 11) is 0. The topological polar surface area (TPSA) is 105 Å². The third kappa shape index (κ3) is 3.16. The molecule has 9 heteroatoms. The van der Waals surface area contributed by atoms with E-state index in [-0.39, 0.29) is 38.3 Å². The number of likely N-dealkylation sites (tertiary alicyclic amines) is 1. The van der Waals surface area contributed by atoms with Crippen molar-refractivity contribution in [2.45, 2.75) is 24.4 Å². The molecule has 1 unspecified atom stereocenters. The first-order chi connectivity index (χ1) is 15.4. The second-order valence-electron chi connectivity index (χ2n) is 8.02. The molecule has 5 rings (SSSR count). The van der Waals surface area contributed by atoms with Gasteiger partial charge in [-0.3, -0.25) is 9.59 Å². The predicted molar refractivity (Wildman–Crippen MR) is 110 cm³/mol. The zero-order valence-corrected chi connectivity index (χ0v) is 17.0. The number of halogens is 1. The highest BCUT2D eigenvalue weighted by Gasteiger charge is 2.57. The molecule has 0 bridgehead atoms. The molecule has 2 atom stereocenters. The van der Waals surface area contributed by atoms with E-state index in [1.165, 1.54) is 11.0 Å². The van der Waals surface area contributed by atoms with Crippen molar-refractivity contribution in [1.82, 2.24) is 10.2 Å². The Balaban J connectivity index is 1.29. The molecule has 8 nitrogen and oxygen atoms in total. The second kappa shape index (κ2) is 7.68. The number of ether oxygens (including phenoxy) is 2. The standard InChI is InChI=1S/C23H21FN2O6/c24-19-15-4-2-1-3-14(15)17-11-13(5-6-16(17)19)21(28)25-12-18(27)26-8-7-23(20(26)22(29)30)31-9-10-32-23/h1-6,11,19-20H,7-10,12H2,(H,25,28)(H,29,30)/t19?,20-/m1/s1. The number of aliphatic carboxylic acids is 1. The highest BCUT2D eigenvalue weighted by Crippen LogP contribution is 2.45. The van der Waals surface area contributed by atoms with Crippen LogP contribution in [-0.4, -0.2) is 65.9 Å². The third-order valence-corrected chi connectivity index (χ3v) is 6.27. The van der Waals surface area contributed by atoms with Gasteiger partial charge in [0.05, 0.1) is 19.8 Å². The molecule has 0 saturated carbocycles. The number of carboxylic acids is 1. The maximum absolute atomic E-state index is 14.7. The number of nitrogens with one attached hydrogen (secondary N) is 1. The Bertz CT molecular complexity index is 1110. The highest BCUT2D eigenvalue weighted by molar-refractivity contribution is 5.98. The van der Waals surface area contributed by atoms with Gasteiger partial charge in [0, 0.05) is 18.5 Å². The lowest BCUT2D eigenvalue weighted by Gasteiger charge is -2.30. The van der Waals surface area contributed by atoms with Gasteiger partial charge in [0.15, 0.2) is 12.2 Å². The second-order valence-corrected chi connectivity index (χ2v) is 8.02. The molecule has 2 aromatic carbocycles. The summed E-state index contributed by atoms with van der Waals surface area (Å²) in [4.78, 5) is 38.4. The number of amides is 2. The lowest BCUT2D eigenvalue weighted by atomic mass is 10.0. The largest absolute Gasteiger partial charge is 0.480 e. The van der Waals surface area contributed by atoms with Gasteiger partial charge in [-0.2, -0.15) is 0 Å². The van der Waals surface area contributed by atoms with Gasteiger partial charge in [0.2, 0.25) is 11.7 Å². The molecular formula is C23H21FN2O6. The summed E-state index contributed by atoms with van der Waals surface area (Å²) in [6.45, 7) is 0.310. The van der Waals surface area contributed by atoms with Crippen LogP contribution in [0.15, 0.2) is 42.5 Å². The van der Waals surface area contributed by atoms with Crippen LogP contribution in [0.2, 0.25) is 0 Å². The van der Waals surface area contributed by atoms with Crippen molar-refractivity contribution in [3.8, 4) is 11.1 Å². The molecule has 1 aliphatic carbocycles. The average Bonchev–Trinajstić information content (AvgIpc) is 3.50. The van der Waals surface area contributed by atoms with Crippen LogP contribution in [0.4, 0.5) is 4.39 Å². The fourth-order valence-electron chi connectivity index (χ4n) is 4.78. The summed E-state index contributed by atoms with van der Waals surface area (Å²) in [5.41, 5.74) is 2.74. The van der Waals surface area contributed by atoms with Crippen LogP contribution in [0.5, 0.6) is 0 Å². The number of carboxylic acid groups (broad SMARTS) is 1. The van der Waals surface area contributed by atoms with Crippen LogP contribution < -0.4 is 5.32 Å². The number of nitrogens with zero attached hydrogens (tertiary/aromatic N) is 1. The van der Waals surface area contributed by atoms with E-state index in [0.717, 1.165) is 5.56 Å². The summed E-state index contributed by atoms with van der Waals surface area (Å²) < 4.78 is 25.7. The zero-order chi connectivity index (χ0) is 22.5.